The molecule has 1 saturated heterocycles. The van der Waals surface area contributed by atoms with Crippen molar-refractivity contribution in [2.45, 2.75) is 52.7 Å². The number of fused-ring (bicyclic) bond motifs is 2. The van der Waals surface area contributed by atoms with Crippen LogP contribution in [0.4, 0.5) is 5.13 Å². The number of Topliss-reactive ketones (excluding diaryl/α,β-unsaturated/α-hetero) is 1. The number of rotatable bonds is 10. The number of anilines is 1. The van der Waals surface area contributed by atoms with Gasteiger partial charge in [0.15, 0.2) is 16.6 Å². The van der Waals surface area contributed by atoms with E-state index in [0.29, 0.717) is 64.6 Å². The molecular weight excluding hydrogens is 592 g/mol. The molecule has 1 aromatic heterocycles. The van der Waals surface area contributed by atoms with Crippen LogP contribution < -0.4 is 23.8 Å². The number of ketones is 1. The van der Waals surface area contributed by atoms with E-state index in [1.807, 2.05) is 38.1 Å². The maximum absolute atomic E-state index is 13.8. The van der Waals surface area contributed by atoms with Gasteiger partial charge in [-0.2, -0.15) is 0 Å². The number of amides is 1. The van der Waals surface area contributed by atoms with Crippen LogP contribution in [0.25, 0.3) is 16.0 Å². The van der Waals surface area contributed by atoms with Gasteiger partial charge in [0.1, 0.15) is 23.4 Å². The average Bonchev–Trinajstić information content (AvgIpc) is 3.68. The van der Waals surface area contributed by atoms with Gasteiger partial charge in [0.05, 0.1) is 42.2 Å². The molecule has 0 spiro atoms. The lowest BCUT2D eigenvalue weighted by Gasteiger charge is -2.24. The van der Waals surface area contributed by atoms with Crippen LogP contribution in [0.1, 0.15) is 56.8 Å². The second-order valence-electron chi connectivity index (χ2n) is 11.6. The van der Waals surface area contributed by atoms with Gasteiger partial charge in [-0.25, -0.2) is 4.98 Å². The summed E-state index contributed by atoms with van der Waals surface area (Å²) in [5.74, 6) is 1.07. The van der Waals surface area contributed by atoms with Gasteiger partial charge in [0.2, 0.25) is 0 Å². The molecule has 45 heavy (non-hydrogen) atoms. The van der Waals surface area contributed by atoms with E-state index in [9.17, 15) is 14.7 Å². The highest BCUT2D eigenvalue weighted by atomic mass is 32.1. The molecule has 0 radical (unpaired) electrons. The smallest absolute Gasteiger partial charge is 0.301 e. The molecule has 1 amide bonds. The Morgan fingerprint density at radius 1 is 1.09 bits per heavy atom. The highest BCUT2D eigenvalue weighted by molar-refractivity contribution is 7.22. The predicted molar refractivity (Wildman–Crippen MR) is 174 cm³/mol. The van der Waals surface area contributed by atoms with E-state index in [1.54, 1.807) is 37.4 Å². The second-order valence-corrected chi connectivity index (χ2v) is 12.6. The summed E-state index contributed by atoms with van der Waals surface area (Å²) in [5.41, 5.74) is 2.56. The first-order chi connectivity index (χ1) is 21.7. The monoisotopic (exact) mass is 628 g/mol. The van der Waals surface area contributed by atoms with Crippen molar-refractivity contribution in [3.05, 3.63) is 76.9 Å². The van der Waals surface area contributed by atoms with Crippen LogP contribution in [0.5, 0.6) is 23.0 Å². The number of ether oxygens (including phenoxy) is 4. The zero-order valence-electron chi connectivity index (χ0n) is 26.0. The molecule has 10 heteroatoms. The molecule has 4 aromatic rings. The van der Waals surface area contributed by atoms with Gasteiger partial charge in [-0.15, -0.1) is 0 Å². The highest BCUT2D eigenvalue weighted by Gasteiger charge is 2.48. The summed E-state index contributed by atoms with van der Waals surface area (Å²) in [7, 11) is 1.54. The van der Waals surface area contributed by atoms with Crippen molar-refractivity contribution < 1.29 is 33.6 Å². The Labute approximate surface area is 266 Å². The van der Waals surface area contributed by atoms with E-state index in [4.69, 9.17) is 23.9 Å². The zero-order valence-corrected chi connectivity index (χ0v) is 26.8. The maximum atomic E-state index is 13.8. The number of carbonyl (C=O) groups excluding carboxylic acids is 2. The number of hydrogen-bond acceptors (Lipinski definition) is 9. The van der Waals surface area contributed by atoms with Crippen LogP contribution in [0, 0.1) is 5.92 Å². The van der Waals surface area contributed by atoms with Crippen LogP contribution in [-0.4, -0.2) is 48.2 Å². The molecule has 234 valence electrons. The fourth-order valence-electron chi connectivity index (χ4n) is 5.70. The molecule has 1 fully saturated rings. The molecule has 2 aliphatic rings. The average molecular weight is 629 g/mol. The lowest BCUT2D eigenvalue weighted by Crippen LogP contribution is -2.29. The van der Waals surface area contributed by atoms with E-state index in [-0.39, 0.29) is 17.4 Å². The molecule has 6 rings (SSSR count). The molecule has 2 aliphatic heterocycles. The number of aliphatic hydroxyl groups excluding tert-OH is 1. The standard InChI is InChI=1S/C35H36N2O7S/c1-6-42-24-9-10-25-29(18-24)45-35(36-25)37-31(21-7-12-27(28(17-21)41-5)43-14-13-19(2)3)30(33(39)34(37)40)32(38)22-8-11-26-23(16-22)15-20(4)44-26/h7-12,16-20,31,38H,6,13-15H2,1-5H3/b32-30+/t20-,31+/m0/s1. The topological polar surface area (TPSA) is 107 Å². The first kappa shape index (κ1) is 30.5. The molecule has 9 nitrogen and oxygen atoms in total. The number of hydrogen-bond donors (Lipinski definition) is 1. The normalized spacial score (nSPS) is 18.8. The number of thiazole rings is 1. The molecule has 2 atom stereocenters. The van der Waals surface area contributed by atoms with Crippen molar-refractivity contribution in [3.8, 4) is 23.0 Å². The number of methoxy groups -OCH3 is 1. The van der Waals surface area contributed by atoms with Crippen LogP contribution in [0.15, 0.2) is 60.2 Å². The third kappa shape index (κ3) is 5.82. The molecule has 0 bridgehead atoms. The van der Waals surface area contributed by atoms with Crippen LogP contribution in [-0.2, 0) is 16.0 Å². The first-order valence-corrected chi connectivity index (χ1v) is 15.9. The summed E-state index contributed by atoms with van der Waals surface area (Å²) in [4.78, 5) is 33.8. The zero-order chi connectivity index (χ0) is 31.8. The Morgan fingerprint density at radius 2 is 1.91 bits per heavy atom. The minimum atomic E-state index is -0.973. The Balaban J connectivity index is 1.48. The quantitative estimate of drug-likeness (QED) is 0.113. The predicted octanol–water partition coefficient (Wildman–Crippen LogP) is 7.08. The summed E-state index contributed by atoms with van der Waals surface area (Å²) in [6.45, 7) is 9.16. The van der Waals surface area contributed by atoms with E-state index in [0.717, 1.165) is 22.4 Å². The number of benzene rings is 3. The molecule has 1 N–H and O–H groups in total. The van der Waals surface area contributed by atoms with Gasteiger partial charge >= 0.3 is 5.91 Å². The van der Waals surface area contributed by atoms with Gasteiger partial charge in [0, 0.05) is 12.0 Å². The van der Waals surface area contributed by atoms with Crippen molar-refractivity contribution in [2.75, 3.05) is 25.2 Å². The lowest BCUT2D eigenvalue weighted by molar-refractivity contribution is -0.132. The lowest BCUT2D eigenvalue weighted by atomic mass is 9.94. The minimum absolute atomic E-state index is 0.0130. The molecule has 3 heterocycles. The summed E-state index contributed by atoms with van der Waals surface area (Å²) in [5, 5.41) is 12.1. The van der Waals surface area contributed by atoms with Crippen molar-refractivity contribution in [3.63, 3.8) is 0 Å². The molecule has 0 aliphatic carbocycles. The number of carbonyl (C=O) groups is 2. The Bertz CT molecular complexity index is 1810. The van der Waals surface area contributed by atoms with E-state index in [2.05, 4.69) is 13.8 Å². The third-order valence-electron chi connectivity index (χ3n) is 7.94. The van der Waals surface area contributed by atoms with Gasteiger partial charge in [-0.3, -0.25) is 14.5 Å². The highest BCUT2D eigenvalue weighted by Crippen LogP contribution is 2.46. The second kappa shape index (κ2) is 12.4. The molecule has 0 unspecified atom stereocenters. The van der Waals surface area contributed by atoms with Gasteiger partial charge in [-0.1, -0.05) is 31.3 Å². The summed E-state index contributed by atoms with van der Waals surface area (Å²) in [6.07, 6.45) is 1.57. The summed E-state index contributed by atoms with van der Waals surface area (Å²) >= 11 is 1.28. The fraction of sp³-hybridized carbons (Fsp3) is 0.343. The fourth-order valence-corrected chi connectivity index (χ4v) is 6.72. The SMILES string of the molecule is CCOc1ccc2nc(N3C(=O)C(=O)/C(=C(/O)c4ccc5c(c4)C[C@H](C)O5)[C@H]3c3ccc(OCCC(C)C)c(OC)c3)sc2c1. The van der Waals surface area contributed by atoms with Crippen LogP contribution in [0.3, 0.4) is 0 Å². The Morgan fingerprint density at radius 3 is 2.67 bits per heavy atom. The third-order valence-corrected chi connectivity index (χ3v) is 8.95. The van der Waals surface area contributed by atoms with Crippen molar-refractivity contribution >= 4 is 44.1 Å². The molecule has 3 aromatic carbocycles. The number of aliphatic hydroxyl groups is 1. The van der Waals surface area contributed by atoms with Crippen LogP contribution >= 0.6 is 11.3 Å². The number of aromatic nitrogens is 1. The number of nitrogens with zero attached hydrogens (tertiary/aromatic N) is 2. The molecule has 0 saturated carbocycles. The van der Waals surface area contributed by atoms with Crippen molar-refractivity contribution in [1.82, 2.24) is 4.98 Å². The van der Waals surface area contributed by atoms with E-state index in [1.165, 1.54) is 16.2 Å². The van der Waals surface area contributed by atoms with E-state index >= 15 is 0 Å². The molecular formula is C35H36N2O7S. The van der Waals surface area contributed by atoms with Gasteiger partial charge in [0.25, 0.3) is 5.78 Å². The largest absolute Gasteiger partial charge is 0.507 e. The Hall–Kier alpha value is -4.57. The summed E-state index contributed by atoms with van der Waals surface area (Å²) in [6, 6.07) is 15.2. The Kier molecular flexibility index (Phi) is 8.42. The van der Waals surface area contributed by atoms with Gasteiger partial charge in [-0.05, 0) is 85.8 Å². The van der Waals surface area contributed by atoms with Crippen LogP contribution in [0.2, 0.25) is 0 Å². The van der Waals surface area contributed by atoms with E-state index < -0.39 is 17.7 Å². The minimum Gasteiger partial charge on any atom is -0.507 e. The van der Waals surface area contributed by atoms with Crippen molar-refractivity contribution in [1.29, 1.82) is 0 Å². The maximum Gasteiger partial charge on any atom is 0.301 e. The van der Waals surface area contributed by atoms with Crippen molar-refractivity contribution in [2.24, 2.45) is 5.92 Å². The first-order valence-electron chi connectivity index (χ1n) is 15.1. The summed E-state index contributed by atoms with van der Waals surface area (Å²) < 4.78 is 24.0. The van der Waals surface area contributed by atoms with Gasteiger partial charge < -0.3 is 24.1 Å².